The van der Waals surface area contributed by atoms with E-state index in [1.807, 2.05) is 24.3 Å². The topological polar surface area (TPSA) is 53.2 Å². The molecule has 0 fully saturated rings. The van der Waals surface area contributed by atoms with Crippen molar-refractivity contribution in [2.24, 2.45) is 0 Å². The maximum atomic E-state index is 9.33. The largest absolute Gasteiger partial charge is 0.396 e. The van der Waals surface area contributed by atoms with Crippen LogP contribution >= 0.6 is 0 Å². The molecular formula is C13H15NO2. The summed E-state index contributed by atoms with van der Waals surface area (Å²) in [6, 6.07) is 10.2. The van der Waals surface area contributed by atoms with Gasteiger partial charge in [-0.15, -0.1) is 0 Å². The highest BCUT2D eigenvalue weighted by molar-refractivity contribution is 5.41. The second-order valence-corrected chi connectivity index (χ2v) is 4.02. The first kappa shape index (κ1) is 11.1. The van der Waals surface area contributed by atoms with Crippen LogP contribution in [0.3, 0.4) is 0 Å². The zero-order valence-electron chi connectivity index (χ0n) is 9.15. The van der Waals surface area contributed by atoms with Crippen LogP contribution in [0.25, 0.3) is 0 Å². The van der Waals surface area contributed by atoms with Gasteiger partial charge in [0, 0.05) is 12.2 Å². The van der Waals surface area contributed by atoms with Gasteiger partial charge >= 0.3 is 0 Å². The van der Waals surface area contributed by atoms with E-state index in [1.165, 1.54) is 5.56 Å². The van der Waals surface area contributed by atoms with Crippen LogP contribution in [0, 0.1) is 11.3 Å². The summed E-state index contributed by atoms with van der Waals surface area (Å²) in [7, 11) is 0. The number of nitrogens with zero attached hydrogens (tertiary/aromatic N) is 1. The van der Waals surface area contributed by atoms with Crippen LogP contribution in [0.4, 0.5) is 0 Å². The molecule has 1 unspecified atom stereocenters. The Morgan fingerprint density at radius 3 is 3.00 bits per heavy atom. The van der Waals surface area contributed by atoms with E-state index in [-0.39, 0.29) is 6.61 Å². The van der Waals surface area contributed by atoms with Crippen molar-refractivity contribution in [3.05, 3.63) is 35.4 Å². The van der Waals surface area contributed by atoms with Crippen molar-refractivity contribution in [2.45, 2.75) is 24.9 Å². The summed E-state index contributed by atoms with van der Waals surface area (Å²) < 4.78 is 5.69. The molecule has 0 radical (unpaired) electrons. The molecule has 1 aliphatic carbocycles. The fraction of sp³-hybridized carbons (Fsp3) is 0.462. The van der Waals surface area contributed by atoms with Crippen LogP contribution in [0.1, 0.15) is 24.0 Å². The Balaban J connectivity index is 2.21. The number of rotatable bonds is 4. The summed E-state index contributed by atoms with van der Waals surface area (Å²) in [5.41, 5.74) is 1.41. The van der Waals surface area contributed by atoms with E-state index in [2.05, 4.69) is 6.07 Å². The van der Waals surface area contributed by atoms with Crippen molar-refractivity contribution < 1.29 is 9.84 Å². The minimum Gasteiger partial charge on any atom is -0.396 e. The second-order valence-electron chi connectivity index (χ2n) is 4.02. The molecule has 0 amide bonds. The number of hydrogen-bond donors (Lipinski definition) is 1. The van der Waals surface area contributed by atoms with Crippen LogP contribution in [0.15, 0.2) is 24.3 Å². The van der Waals surface area contributed by atoms with Crippen LogP contribution in [-0.4, -0.2) is 18.3 Å². The second kappa shape index (κ2) is 4.65. The number of aliphatic hydroxyl groups is 1. The Labute approximate surface area is 95.3 Å². The first-order chi connectivity index (χ1) is 7.82. The lowest BCUT2D eigenvalue weighted by atomic mass is 9.97. The number of aliphatic hydroxyl groups excluding tert-OH is 1. The monoisotopic (exact) mass is 217 g/mol. The SMILES string of the molecule is N#CC1(OCCCO)CCc2ccccc21. The van der Waals surface area contributed by atoms with E-state index in [9.17, 15) is 5.26 Å². The molecule has 0 aliphatic heterocycles. The standard InChI is InChI=1S/C13H15NO2/c14-10-13(16-9-3-8-15)7-6-11-4-1-2-5-12(11)13/h1-2,4-5,15H,3,6-9H2. The van der Waals surface area contributed by atoms with Crippen LogP contribution in [0.5, 0.6) is 0 Å². The Morgan fingerprint density at radius 2 is 2.25 bits per heavy atom. The molecular weight excluding hydrogens is 202 g/mol. The van der Waals surface area contributed by atoms with E-state index in [4.69, 9.17) is 9.84 Å². The summed E-state index contributed by atoms with van der Waals surface area (Å²) >= 11 is 0. The van der Waals surface area contributed by atoms with Gasteiger partial charge in [-0.25, -0.2) is 0 Å². The summed E-state index contributed by atoms with van der Waals surface area (Å²) in [4.78, 5) is 0. The normalized spacial score (nSPS) is 22.8. The molecule has 0 heterocycles. The van der Waals surface area contributed by atoms with Gasteiger partial charge in [0.1, 0.15) is 6.07 Å². The van der Waals surface area contributed by atoms with Gasteiger partial charge in [-0.05, 0) is 24.8 Å². The average molecular weight is 217 g/mol. The number of nitriles is 1. The summed E-state index contributed by atoms with van der Waals surface area (Å²) in [5, 5.41) is 18.1. The van der Waals surface area contributed by atoms with Gasteiger partial charge in [0.15, 0.2) is 5.60 Å². The molecule has 0 bridgehead atoms. The Hall–Kier alpha value is -1.37. The molecule has 1 aromatic rings. The summed E-state index contributed by atoms with van der Waals surface area (Å²) in [6.07, 6.45) is 2.18. The predicted octanol–water partition coefficient (Wildman–Crippen LogP) is 1.75. The number of aryl methyl sites for hydroxylation is 1. The average Bonchev–Trinajstić information content (AvgIpc) is 2.70. The molecule has 0 saturated heterocycles. The highest BCUT2D eigenvalue weighted by atomic mass is 16.5. The van der Waals surface area contributed by atoms with Crippen molar-refractivity contribution in [3.63, 3.8) is 0 Å². The molecule has 84 valence electrons. The minimum atomic E-state index is -0.786. The molecule has 0 saturated carbocycles. The Bertz CT molecular complexity index is 411. The number of ether oxygens (including phenoxy) is 1. The Morgan fingerprint density at radius 1 is 1.44 bits per heavy atom. The molecule has 3 nitrogen and oxygen atoms in total. The number of fused-ring (bicyclic) bond motifs is 1. The number of hydrogen-bond acceptors (Lipinski definition) is 3. The van der Waals surface area contributed by atoms with Crippen molar-refractivity contribution >= 4 is 0 Å². The number of benzene rings is 1. The van der Waals surface area contributed by atoms with Crippen molar-refractivity contribution in [1.29, 1.82) is 5.26 Å². The van der Waals surface area contributed by atoms with Crippen molar-refractivity contribution in [2.75, 3.05) is 13.2 Å². The molecule has 1 atom stereocenters. The fourth-order valence-corrected chi connectivity index (χ4v) is 2.19. The highest BCUT2D eigenvalue weighted by Crippen LogP contribution is 2.39. The summed E-state index contributed by atoms with van der Waals surface area (Å²) in [6.45, 7) is 0.529. The fourth-order valence-electron chi connectivity index (χ4n) is 2.19. The summed E-state index contributed by atoms with van der Waals surface area (Å²) in [5.74, 6) is 0. The molecule has 16 heavy (non-hydrogen) atoms. The third-order valence-electron chi connectivity index (χ3n) is 3.03. The zero-order valence-corrected chi connectivity index (χ0v) is 9.15. The van der Waals surface area contributed by atoms with Gasteiger partial charge < -0.3 is 9.84 Å². The molecule has 0 aromatic heterocycles. The quantitative estimate of drug-likeness (QED) is 0.782. The lowest BCUT2D eigenvalue weighted by Gasteiger charge is -2.22. The van der Waals surface area contributed by atoms with Gasteiger partial charge in [-0.1, -0.05) is 24.3 Å². The highest BCUT2D eigenvalue weighted by Gasteiger charge is 2.39. The van der Waals surface area contributed by atoms with Gasteiger partial charge in [0.2, 0.25) is 0 Å². The maximum absolute atomic E-state index is 9.33. The molecule has 3 heteroatoms. The predicted molar refractivity (Wildman–Crippen MR) is 59.7 cm³/mol. The van der Waals surface area contributed by atoms with Gasteiger partial charge in [0.05, 0.1) is 6.61 Å². The van der Waals surface area contributed by atoms with E-state index < -0.39 is 5.60 Å². The van der Waals surface area contributed by atoms with Crippen LogP contribution < -0.4 is 0 Å². The molecule has 2 rings (SSSR count). The zero-order chi connectivity index (χ0) is 11.4. The maximum Gasteiger partial charge on any atom is 0.180 e. The van der Waals surface area contributed by atoms with Crippen molar-refractivity contribution in [1.82, 2.24) is 0 Å². The van der Waals surface area contributed by atoms with Crippen molar-refractivity contribution in [3.8, 4) is 6.07 Å². The minimum absolute atomic E-state index is 0.100. The first-order valence-electron chi connectivity index (χ1n) is 5.57. The molecule has 1 aromatic carbocycles. The lowest BCUT2D eigenvalue weighted by Crippen LogP contribution is -2.25. The van der Waals surface area contributed by atoms with E-state index in [1.54, 1.807) is 0 Å². The van der Waals surface area contributed by atoms with E-state index in [0.29, 0.717) is 19.4 Å². The van der Waals surface area contributed by atoms with E-state index >= 15 is 0 Å². The van der Waals surface area contributed by atoms with Gasteiger partial charge in [-0.2, -0.15) is 5.26 Å². The Kier molecular flexibility index (Phi) is 3.23. The van der Waals surface area contributed by atoms with Crippen LogP contribution in [0.2, 0.25) is 0 Å². The third kappa shape index (κ3) is 1.82. The third-order valence-corrected chi connectivity index (χ3v) is 3.03. The first-order valence-corrected chi connectivity index (χ1v) is 5.57. The lowest BCUT2D eigenvalue weighted by molar-refractivity contribution is -0.0107. The van der Waals surface area contributed by atoms with Gasteiger partial charge in [-0.3, -0.25) is 0 Å². The van der Waals surface area contributed by atoms with Crippen LogP contribution in [-0.2, 0) is 16.8 Å². The van der Waals surface area contributed by atoms with Gasteiger partial charge in [0.25, 0.3) is 0 Å². The van der Waals surface area contributed by atoms with E-state index in [0.717, 1.165) is 12.0 Å². The molecule has 0 spiro atoms. The molecule has 1 aliphatic rings. The molecule has 1 N–H and O–H groups in total. The smallest absolute Gasteiger partial charge is 0.180 e.